The molecular formula is C69H42N4. The van der Waals surface area contributed by atoms with Crippen LogP contribution in [0.1, 0.15) is 22.3 Å². The molecule has 3 heterocycles. The molecule has 0 fully saturated rings. The summed E-state index contributed by atoms with van der Waals surface area (Å²) >= 11 is 0. The number of aromatic nitrogens is 4. The Balaban J connectivity index is 0.799. The first-order chi connectivity index (χ1) is 36.2. The summed E-state index contributed by atoms with van der Waals surface area (Å²) < 4.78 is 0. The maximum Gasteiger partial charge on any atom is 0.160 e. The van der Waals surface area contributed by atoms with Crippen LogP contribution in [0.25, 0.3) is 122 Å². The topological polar surface area (TPSA) is 51.6 Å². The van der Waals surface area contributed by atoms with Crippen LogP contribution in [0.3, 0.4) is 0 Å². The molecule has 10 aromatic carbocycles. The number of rotatable bonds is 6. The molecule has 1 spiro atoms. The van der Waals surface area contributed by atoms with Crippen LogP contribution in [0.5, 0.6) is 0 Å². The van der Waals surface area contributed by atoms with Crippen molar-refractivity contribution >= 4 is 32.6 Å². The molecule has 338 valence electrons. The maximum atomic E-state index is 5.38. The molecule has 0 N–H and O–H groups in total. The third-order valence-corrected chi connectivity index (χ3v) is 15.3. The van der Waals surface area contributed by atoms with Gasteiger partial charge >= 0.3 is 0 Å². The van der Waals surface area contributed by atoms with Crippen LogP contribution >= 0.6 is 0 Å². The number of hydrogen-bond acceptors (Lipinski definition) is 4. The molecule has 0 radical (unpaired) electrons. The molecular weight excluding hydrogens is 885 g/mol. The van der Waals surface area contributed by atoms with Gasteiger partial charge in [-0.15, -0.1) is 0 Å². The SMILES string of the molecule is c1ccc(-c2cc(-c3ccc(-c4nc5ccccc5c5ccc6nc(-c7ccc(-c8ccc9c(c8)C8(c%10ccccc%10-c%10ccccc%108)c8ccccc8-9)cc7)ccc6c45)cc3)nc(-c3ccccc3)n2)cc1. The van der Waals surface area contributed by atoms with E-state index in [0.717, 1.165) is 83.2 Å². The van der Waals surface area contributed by atoms with Crippen molar-refractivity contribution in [3.63, 3.8) is 0 Å². The summed E-state index contributed by atoms with van der Waals surface area (Å²) in [6.45, 7) is 0. The Kier molecular flexibility index (Phi) is 9.14. The lowest BCUT2D eigenvalue weighted by Crippen LogP contribution is -2.25. The number of fused-ring (bicyclic) bond motifs is 15. The van der Waals surface area contributed by atoms with E-state index in [0.29, 0.717) is 5.82 Å². The number of benzene rings is 10. The van der Waals surface area contributed by atoms with E-state index in [4.69, 9.17) is 19.9 Å². The van der Waals surface area contributed by atoms with Gasteiger partial charge in [-0.3, -0.25) is 0 Å². The molecule has 0 atom stereocenters. The van der Waals surface area contributed by atoms with Crippen molar-refractivity contribution in [1.29, 1.82) is 0 Å². The normalized spacial score (nSPS) is 12.8. The number of hydrogen-bond donors (Lipinski definition) is 0. The molecule has 0 bridgehead atoms. The van der Waals surface area contributed by atoms with E-state index in [-0.39, 0.29) is 5.41 Å². The molecule has 4 nitrogen and oxygen atoms in total. The minimum absolute atomic E-state index is 0.378. The fraction of sp³-hybridized carbons (Fsp3) is 0.0145. The van der Waals surface area contributed by atoms with Crippen molar-refractivity contribution in [2.24, 2.45) is 0 Å². The van der Waals surface area contributed by atoms with Crippen molar-refractivity contribution in [3.05, 3.63) is 277 Å². The fourth-order valence-corrected chi connectivity index (χ4v) is 12.0. The predicted octanol–water partition coefficient (Wildman–Crippen LogP) is 17.1. The van der Waals surface area contributed by atoms with Crippen LogP contribution in [-0.2, 0) is 5.41 Å². The highest BCUT2D eigenvalue weighted by molar-refractivity contribution is 6.20. The van der Waals surface area contributed by atoms with E-state index >= 15 is 0 Å². The number of para-hydroxylation sites is 1. The minimum Gasteiger partial charge on any atom is -0.248 e. The van der Waals surface area contributed by atoms with E-state index in [9.17, 15) is 0 Å². The third kappa shape index (κ3) is 6.34. The zero-order valence-corrected chi connectivity index (χ0v) is 39.5. The summed E-state index contributed by atoms with van der Waals surface area (Å²) in [6.07, 6.45) is 0. The Hall–Kier alpha value is -9.64. The molecule has 3 aromatic heterocycles. The second-order valence-electron chi connectivity index (χ2n) is 19.2. The lowest BCUT2D eigenvalue weighted by molar-refractivity contribution is 0.794. The Bertz CT molecular complexity index is 4230. The van der Waals surface area contributed by atoms with Crippen LogP contribution in [-0.4, -0.2) is 19.9 Å². The van der Waals surface area contributed by atoms with E-state index in [1.54, 1.807) is 0 Å². The van der Waals surface area contributed by atoms with Crippen LogP contribution in [0, 0.1) is 0 Å². The van der Waals surface area contributed by atoms with Gasteiger partial charge in [0.15, 0.2) is 5.82 Å². The van der Waals surface area contributed by atoms with Gasteiger partial charge < -0.3 is 0 Å². The van der Waals surface area contributed by atoms with Crippen LogP contribution in [0.4, 0.5) is 0 Å². The van der Waals surface area contributed by atoms with Crippen molar-refractivity contribution in [3.8, 4) is 89.8 Å². The second-order valence-corrected chi connectivity index (χ2v) is 19.2. The molecule has 0 saturated carbocycles. The molecule has 73 heavy (non-hydrogen) atoms. The summed E-state index contributed by atoms with van der Waals surface area (Å²) in [5.41, 5.74) is 23.2. The average molecular weight is 927 g/mol. The molecule has 4 heteroatoms. The van der Waals surface area contributed by atoms with Gasteiger partial charge in [0.05, 0.1) is 39.2 Å². The predicted molar refractivity (Wildman–Crippen MR) is 299 cm³/mol. The summed E-state index contributed by atoms with van der Waals surface area (Å²) in [6, 6.07) is 91.4. The molecule has 13 aromatic rings. The first-order valence-electron chi connectivity index (χ1n) is 24.9. The molecule has 0 aliphatic heterocycles. The largest absolute Gasteiger partial charge is 0.248 e. The van der Waals surface area contributed by atoms with Crippen molar-refractivity contribution in [1.82, 2.24) is 19.9 Å². The van der Waals surface area contributed by atoms with Gasteiger partial charge in [0.1, 0.15) is 0 Å². The second kappa shape index (κ2) is 16.2. The quantitative estimate of drug-likeness (QED) is 0.156. The minimum atomic E-state index is -0.378. The molecule has 2 aliphatic rings. The first kappa shape index (κ1) is 41.2. The zero-order chi connectivity index (χ0) is 48.0. The lowest BCUT2D eigenvalue weighted by Gasteiger charge is -2.30. The Morgan fingerprint density at radius 2 is 0.726 bits per heavy atom. The van der Waals surface area contributed by atoms with Crippen LogP contribution in [0.15, 0.2) is 255 Å². The Labute approximate surface area is 422 Å². The van der Waals surface area contributed by atoms with Gasteiger partial charge in [0, 0.05) is 44.0 Å². The molecule has 0 saturated heterocycles. The van der Waals surface area contributed by atoms with Gasteiger partial charge in [-0.2, -0.15) is 0 Å². The van der Waals surface area contributed by atoms with Crippen LogP contribution < -0.4 is 0 Å². The van der Waals surface area contributed by atoms with Gasteiger partial charge in [-0.25, -0.2) is 19.9 Å². The van der Waals surface area contributed by atoms with E-state index in [1.165, 1.54) is 55.6 Å². The third-order valence-electron chi connectivity index (χ3n) is 15.3. The monoisotopic (exact) mass is 926 g/mol. The lowest BCUT2D eigenvalue weighted by atomic mass is 9.70. The smallest absolute Gasteiger partial charge is 0.160 e. The highest BCUT2D eigenvalue weighted by atomic mass is 14.9. The fourth-order valence-electron chi connectivity index (χ4n) is 12.0. The van der Waals surface area contributed by atoms with E-state index in [1.807, 2.05) is 36.4 Å². The van der Waals surface area contributed by atoms with Crippen molar-refractivity contribution in [2.45, 2.75) is 5.41 Å². The van der Waals surface area contributed by atoms with Crippen molar-refractivity contribution < 1.29 is 0 Å². The maximum absolute atomic E-state index is 5.38. The highest BCUT2D eigenvalue weighted by Gasteiger charge is 2.51. The van der Waals surface area contributed by atoms with Gasteiger partial charge in [0.2, 0.25) is 0 Å². The van der Waals surface area contributed by atoms with E-state index < -0.39 is 0 Å². The van der Waals surface area contributed by atoms with Gasteiger partial charge in [-0.05, 0) is 97.4 Å². The number of nitrogens with zero attached hydrogens (tertiary/aromatic N) is 4. The standard InChI is InChI=1S/C69H42N4/c1-3-15-44(16-4-1)64-42-65(73-68(72-64)48-17-5-2-6-18-48)46-31-33-47(34-32-46)67-66-55(54-22-10-14-26-62(54)71-67)37-40-63-56(66)38-39-61(70-63)45-29-27-43(28-30-45)49-35-36-53-52-21-9-13-25-59(52)69(60(53)41-49)57-23-11-7-19-50(57)51-20-8-12-24-58(51)69/h1-42H. The Morgan fingerprint density at radius 3 is 1.38 bits per heavy atom. The summed E-state index contributed by atoms with van der Waals surface area (Å²) in [7, 11) is 0. The van der Waals surface area contributed by atoms with Gasteiger partial charge in [0.25, 0.3) is 0 Å². The zero-order valence-electron chi connectivity index (χ0n) is 39.5. The molecule has 0 unspecified atom stereocenters. The summed E-state index contributed by atoms with van der Waals surface area (Å²) in [5, 5.41) is 4.41. The molecule has 0 amide bonds. The van der Waals surface area contributed by atoms with Crippen molar-refractivity contribution in [2.75, 3.05) is 0 Å². The van der Waals surface area contributed by atoms with Crippen LogP contribution in [0.2, 0.25) is 0 Å². The summed E-state index contributed by atoms with van der Waals surface area (Å²) in [5.74, 6) is 0.693. The molecule has 2 aliphatic carbocycles. The molecule has 15 rings (SSSR count). The highest BCUT2D eigenvalue weighted by Crippen LogP contribution is 2.63. The average Bonchev–Trinajstić information content (AvgIpc) is 3.94. The van der Waals surface area contributed by atoms with E-state index in [2.05, 4.69) is 218 Å². The van der Waals surface area contributed by atoms with Gasteiger partial charge in [-0.1, -0.05) is 218 Å². The number of pyridine rings is 2. The summed E-state index contributed by atoms with van der Waals surface area (Å²) in [4.78, 5) is 20.8. The Morgan fingerprint density at radius 1 is 0.247 bits per heavy atom. The first-order valence-corrected chi connectivity index (χ1v) is 24.9.